The van der Waals surface area contributed by atoms with Crippen LogP contribution in [0, 0.1) is 6.92 Å². The highest BCUT2D eigenvalue weighted by atomic mass is 32.2. The Morgan fingerprint density at radius 3 is 2.80 bits per heavy atom. The van der Waals surface area contributed by atoms with Gasteiger partial charge in [0, 0.05) is 6.54 Å². The molecule has 0 aromatic carbocycles. The lowest BCUT2D eigenvalue weighted by Crippen LogP contribution is -2.05. The van der Waals surface area contributed by atoms with Crippen molar-refractivity contribution in [3.05, 3.63) is 11.5 Å². The number of aromatic nitrogens is 2. The second-order valence-electron chi connectivity index (χ2n) is 3.74. The van der Waals surface area contributed by atoms with E-state index in [0.717, 1.165) is 43.1 Å². The Labute approximate surface area is 96.5 Å². The Kier molecular flexibility index (Phi) is 5.02. The zero-order chi connectivity index (χ0) is 11.3. The predicted molar refractivity (Wildman–Crippen MR) is 68.4 cm³/mol. The smallest absolute Gasteiger partial charge is 0.126 e. The monoisotopic (exact) mass is 227 g/mol. The summed E-state index contributed by atoms with van der Waals surface area (Å²) in [6.07, 6.45) is 5.40. The summed E-state index contributed by atoms with van der Waals surface area (Å²) >= 11 is 1.87. The lowest BCUT2D eigenvalue weighted by molar-refractivity contribution is 0.665. The van der Waals surface area contributed by atoms with E-state index in [0.29, 0.717) is 0 Å². The minimum atomic E-state index is 0.871. The van der Waals surface area contributed by atoms with Crippen LogP contribution in [0.3, 0.4) is 0 Å². The van der Waals surface area contributed by atoms with Crippen molar-refractivity contribution in [2.75, 3.05) is 17.7 Å². The topological polar surface area (TPSA) is 43.8 Å². The number of aryl methyl sites for hydroxylation is 2. The number of thioether (sulfide) groups is 1. The van der Waals surface area contributed by atoms with Gasteiger partial charge in [0.25, 0.3) is 0 Å². The van der Waals surface area contributed by atoms with Crippen LogP contribution in [-0.2, 0) is 13.0 Å². The molecular formula is C11H21N3S. The van der Waals surface area contributed by atoms with Gasteiger partial charge in [-0.1, -0.05) is 6.92 Å². The number of hydrogen-bond acceptors (Lipinski definition) is 3. The van der Waals surface area contributed by atoms with Crippen molar-refractivity contribution in [1.82, 2.24) is 9.55 Å². The third kappa shape index (κ3) is 3.16. The van der Waals surface area contributed by atoms with Gasteiger partial charge in [-0.2, -0.15) is 11.8 Å². The van der Waals surface area contributed by atoms with Crippen LogP contribution < -0.4 is 5.73 Å². The third-order valence-corrected chi connectivity index (χ3v) is 3.18. The van der Waals surface area contributed by atoms with Crippen LogP contribution in [0.5, 0.6) is 0 Å². The number of nitrogens with zero attached hydrogens (tertiary/aromatic N) is 2. The zero-order valence-electron chi connectivity index (χ0n) is 9.92. The molecule has 1 aromatic rings. The third-order valence-electron chi connectivity index (χ3n) is 2.48. The Morgan fingerprint density at radius 1 is 1.47 bits per heavy atom. The number of rotatable bonds is 6. The van der Waals surface area contributed by atoms with E-state index in [1.165, 1.54) is 5.75 Å². The molecule has 86 valence electrons. The quantitative estimate of drug-likeness (QED) is 0.759. The molecule has 0 fully saturated rings. The van der Waals surface area contributed by atoms with E-state index in [4.69, 9.17) is 5.73 Å². The van der Waals surface area contributed by atoms with E-state index in [-0.39, 0.29) is 0 Å². The van der Waals surface area contributed by atoms with Gasteiger partial charge in [-0.25, -0.2) is 4.98 Å². The Morgan fingerprint density at radius 2 is 2.20 bits per heavy atom. The molecule has 1 rings (SSSR count). The number of nitrogens with two attached hydrogens (primary N) is 1. The van der Waals surface area contributed by atoms with E-state index in [9.17, 15) is 0 Å². The zero-order valence-corrected chi connectivity index (χ0v) is 10.7. The van der Waals surface area contributed by atoms with Crippen molar-refractivity contribution < 1.29 is 0 Å². The predicted octanol–water partition coefficient (Wildman–Crippen LogP) is 2.48. The number of imidazole rings is 1. The van der Waals surface area contributed by atoms with Crippen molar-refractivity contribution in [2.24, 2.45) is 0 Å². The van der Waals surface area contributed by atoms with Crippen LogP contribution in [0.1, 0.15) is 31.3 Å². The molecule has 2 N–H and O–H groups in total. The fourth-order valence-electron chi connectivity index (χ4n) is 1.72. The summed E-state index contributed by atoms with van der Waals surface area (Å²) in [6.45, 7) is 5.17. The van der Waals surface area contributed by atoms with Crippen molar-refractivity contribution in [3.8, 4) is 0 Å². The van der Waals surface area contributed by atoms with Crippen LogP contribution >= 0.6 is 11.8 Å². The summed E-state index contributed by atoms with van der Waals surface area (Å²) in [6, 6.07) is 0. The first-order chi connectivity index (χ1) is 7.20. The summed E-state index contributed by atoms with van der Waals surface area (Å²) in [5.74, 6) is 3.10. The number of hydrogen-bond donors (Lipinski definition) is 1. The molecule has 0 aliphatic rings. The molecule has 0 saturated heterocycles. The Bertz CT molecular complexity index is 307. The average molecular weight is 227 g/mol. The molecule has 0 atom stereocenters. The molecule has 1 aromatic heterocycles. The molecule has 3 nitrogen and oxygen atoms in total. The molecule has 4 heteroatoms. The summed E-state index contributed by atoms with van der Waals surface area (Å²) in [5.41, 5.74) is 7.14. The van der Waals surface area contributed by atoms with Gasteiger partial charge < -0.3 is 10.3 Å². The molecule has 0 radical (unpaired) electrons. The molecule has 0 amide bonds. The van der Waals surface area contributed by atoms with Crippen molar-refractivity contribution >= 4 is 17.6 Å². The second-order valence-corrected chi connectivity index (χ2v) is 4.72. The maximum atomic E-state index is 6.07. The molecule has 1 heterocycles. The summed E-state index contributed by atoms with van der Waals surface area (Å²) < 4.78 is 2.12. The van der Waals surface area contributed by atoms with Crippen LogP contribution in [0.2, 0.25) is 0 Å². The first-order valence-corrected chi connectivity index (χ1v) is 6.90. The van der Waals surface area contributed by atoms with Crippen LogP contribution in [0.15, 0.2) is 0 Å². The lowest BCUT2D eigenvalue weighted by atomic mass is 10.2. The van der Waals surface area contributed by atoms with Crippen molar-refractivity contribution in [3.63, 3.8) is 0 Å². The van der Waals surface area contributed by atoms with Gasteiger partial charge in [0.15, 0.2) is 0 Å². The highest BCUT2D eigenvalue weighted by Gasteiger charge is 2.10. The van der Waals surface area contributed by atoms with Gasteiger partial charge in [-0.15, -0.1) is 0 Å². The summed E-state index contributed by atoms with van der Waals surface area (Å²) in [7, 11) is 0. The summed E-state index contributed by atoms with van der Waals surface area (Å²) in [5, 5.41) is 0. The molecule has 0 saturated carbocycles. The van der Waals surface area contributed by atoms with Gasteiger partial charge in [0.05, 0.1) is 5.69 Å². The number of anilines is 1. The van der Waals surface area contributed by atoms with Gasteiger partial charge >= 0.3 is 0 Å². The van der Waals surface area contributed by atoms with Crippen LogP contribution in [0.4, 0.5) is 5.82 Å². The largest absolute Gasteiger partial charge is 0.384 e. The normalized spacial score (nSPS) is 10.9. The fourth-order valence-corrected chi connectivity index (χ4v) is 2.15. The van der Waals surface area contributed by atoms with Gasteiger partial charge in [0.1, 0.15) is 11.6 Å². The van der Waals surface area contributed by atoms with Gasteiger partial charge in [0.2, 0.25) is 0 Å². The van der Waals surface area contributed by atoms with E-state index in [2.05, 4.69) is 22.7 Å². The molecule has 0 aliphatic carbocycles. The average Bonchev–Trinajstić information content (AvgIpc) is 2.47. The molecule has 0 unspecified atom stereocenters. The lowest BCUT2D eigenvalue weighted by Gasteiger charge is -2.05. The van der Waals surface area contributed by atoms with E-state index >= 15 is 0 Å². The Balaban J connectivity index is 2.68. The maximum absolute atomic E-state index is 6.07. The van der Waals surface area contributed by atoms with Gasteiger partial charge in [-0.3, -0.25) is 0 Å². The first kappa shape index (κ1) is 12.4. The molecule has 0 aliphatic heterocycles. The minimum Gasteiger partial charge on any atom is -0.384 e. The van der Waals surface area contributed by atoms with E-state index in [1.807, 2.05) is 18.7 Å². The molecule has 15 heavy (non-hydrogen) atoms. The SMILES string of the molecule is CCCn1c(C)nc(CCCSC)c1N. The van der Waals surface area contributed by atoms with Crippen LogP contribution in [-0.4, -0.2) is 21.6 Å². The van der Waals surface area contributed by atoms with Crippen molar-refractivity contribution in [2.45, 2.75) is 39.7 Å². The highest BCUT2D eigenvalue weighted by molar-refractivity contribution is 7.98. The van der Waals surface area contributed by atoms with Crippen molar-refractivity contribution in [1.29, 1.82) is 0 Å². The van der Waals surface area contributed by atoms with E-state index < -0.39 is 0 Å². The van der Waals surface area contributed by atoms with Crippen LogP contribution in [0.25, 0.3) is 0 Å². The standard InChI is InChI=1S/C11H21N3S/c1-4-7-14-9(2)13-10(11(14)12)6-5-8-15-3/h4-8,12H2,1-3H3. The molecule has 0 spiro atoms. The second kappa shape index (κ2) is 6.05. The number of nitrogen functional groups attached to an aromatic ring is 1. The van der Waals surface area contributed by atoms with Gasteiger partial charge in [-0.05, 0) is 38.2 Å². The Hall–Kier alpha value is -0.640. The van der Waals surface area contributed by atoms with E-state index in [1.54, 1.807) is 0 Å². The summed E-state index contributed by atoms with van der Waals surface area (Å²) in [4.78, 5) is 4.53. The first-order valence-electron chi connectivity index (χ1n) is 5.51. The fraction of sp³-hybridized carbons (Fsp3) is 0.727. The maximum Gasteiger partial charge on any atom is 0.126 e. The highest BCUT2D eigenvalue weighted by Crippen LogP contribution is 2.16. The molecular weight excluding hydrogens is 206 g/mol. The molecule has 0 bridgehead atoms. The minimum absolute atomic E-state index is 0.871.